The van der Waals surface area contributed by atoms with Crippen molar-refractivity contribution < 1.29 is 9.59 Å². The Hall–Kier alpha value is -1.57. The molecule has 0 atom stereocenters. The van der Waals surface area contributed by atoms with Gasteiger partial charge in [0, 0.05) is 29.2 Å². The molecule has 146 valence electrons. The number of nitrogens with one attached hydrogen (secondary N) is 1. The minimum absolute atomic E-state index is 0.104. The number of hydrogen-bond donors (Lipinski definition) is 1. The Balaban J connectivity index is 1.81. The number of thiazole rings is 1. The molecule has 0 aliphatic rings. The van der Waals surface area contributed by atoms with Gasteiger partial charge in [0.1, 0.15) is 0 Å². The summed E-state index contributed by atoms with van der Waals surface area (Å²) in [5.41, 5.74) is 1.48. The summed E-state index contributed by atoms with van der Waals surface area (Å²) >= 11 is 8.67. The van der Waals surface area contributed by atoms with Gasteiger partial charge in [-0.05, 0) is 37.1 Å². The number of hydrogen-bond acceptors (Lipinski definition) is 5. The van der Waals surface area contributed by atoms with Crippen LogP contribution >= 0.6 is 34.7 Å². The molecule has 0 saturated carbocycles. The first-order valence-corrected chi connectivity index (χ1v) is 11.2. The lowest BCUT2D eigenvalue weighted by atomic mass is 10.2. The van der Waals surface area contributed by atoms with Crippen LogP contribution in [0.1, 0.15) is 32.4 Å². The van der Waals surface area contributed by atoms with E-state index in [1.54, 1.807) is 24.3 Å². The smallest absolute Gasteiger partial charge is 0.234 e. The summed E-state index contributed by atoms with van der Waals surface area (Å²) in [6, 6.07) is 6.98. The zero-order valence-electron chi connectivity index (χ0n) is 15.5. The number of aromatic nitrogens is 1. The molecule has 5 nitrogen and oxygen atoms in total. The number of halogens is 1. The van der Waals surface area contributed by atoms with Gasteiger partial charge in [0.25, 0.3) is 0 Å². The Bertz CT molecular complexity index is 744. The second-order valence-electron chi connectivity index (χ2n) is 6.01. The molecular formula is C19H24ClN3O2S2. The molecule has 1 N–H and O–H groups in total. The fraction of sp³-hybridized carbons (Fsp3) is 0.421. The van der Waals surface area contributed by atoms with Crippen LogP contribution in [0.15, 0.2) is 34.0 Å². The van der Waals surface area contributed by atoms with Gasteiger partial charge in [-0.25, -0.2) is 4.98 Å². The Morgan fingerprint density at radius 3 is 2.48 bits per heavy atom. The predicted octanol–water partition coefficient (Wildman–Crippen LogP) is 4.72. The molecule has 0 fully saturated rings. The SMILES string of the molecule is CCCN(CCC)C(=O)Cc1csc(SCC(=O)Nc2ccc(Cl)cc2)n1. The molecule has 1 aromatic heterocycles. The first kappa shape index (κ1) is 21.7. The highest BCUT2D eigenvalue weighted by Crippen LogP contribution is 2.23. The van der Waals surface area contributed by atoms with E-state index in [2.05, 4.69) is 24.1 Å². The Morgan fingerprint density at radius 2 is 1.85 bits per heavy atom. The Labute approximate surface area is 173 Å². The van der Waals surface area contributed by atoms with Crippen LogP contribution in [0.2, 0.25) is 5.02 Å². The molecule has 0 aliphatic carbocycles. The number of anilines is 1. The van der Waals surface area contributed by atoms with Crippen LogP contribution in [0, 0.1) is 0 Å². The molecule has 1 heterocycles. The number of thioether (sulfide) groups is 1. The summed E-state index contributed by atoms with van der Waals surface area (Å²) in [5, 5.41) is 5.34. The summed E-state index contributed by atoms with van der Waals surface area (Å²) in [4.78, 5) is 30.8. The van der Waals surface area contributed by atoms with E-state index in [1.165, 1.54) is 23.1 Å². The van der Waals surface area contributed by atoms with Crippen molar-refractivity contribution in [2.75, 3.05) is 24.2 Å². The van der Waals surface area contributed by atoms with E-state index in [-0.39, 0.29) is 17.6 Å². The van der Waals surface area contributed by atoms with Crippen molar-refractivity contribution in [1.29, 1.82) is 0 Å². The van der Waals surface area contributed by atoms with Crippen LogP contribution in [-0.4, -0.2) is 40.5 Å². The first-order chi connectivity index (χ1) is 13.0. The Kier molecular flexibility index (Phi) is 9.10. The Morgan fingerprint density at radius 1 is 1.19 bits per heavy atom. The van der Waals surface area contributed by atoms with Gasteiger partial charge in [0.05, 0.1) is 17.9 Å². The molecule has 2 aromatic rings. The molecule has 2 amide bonds. The molecular weight excluding hydrogens is 402 g/mol. The van der Waals surface area contributed by atoms with Gasteiger partial charge in [-0.1, -0.05) is 37.2 Å². The second-order valence-corrected chi connectivity index (χ2v) is 8.52. The topological polar surface area (TPSA) is 62.3 Å². The zero-order valence-corrected chi connectivity index (χ0v) is 17.9. The lowest BCUT2D eigenvalue weighted by molar-refractivity contribution is -0.130. The molecule has 1 aromatic carbocycles. The maximum Gasteiger partial charge on any atom is 0.234 e. The largest absolute Gasteiger partial charge is 0.342 e. The van der Waals surface area contributed by atoms with Crippen LogP contribution in [0.4, 0.5) is 5.69 Å². The van der Waals surface area contributed by atoms with E-state index in [9.17, 15) is 9.59 Å². The minimum atomic E-state index is -0.104. The molecule has 8 heteroatoms. The number of carbonyl (C=O) groups excluding carboxylic acids is 2. The van der Waals surface area contributed by atoms with Gasteiger partial charge in [-0.3, -0.25) is 9.59 Å². The van der Waals surface area contributed by atoms with Crippen LogP contribution in [0.25, 0.3) is 0 Å². The molecule has 0 bridgehead atoms. The van der Waals surface area contributed by atoms with Crippen molar-refractivity contribution in [2.24, 2.45) is 0 Å². The van der Waals surface area contributed by atoms with Gasteiger partial charge in [0.15, 0.2) is 4.34 Å². The number of rotatable bonds is 10. The van der Waals surface area contributed by atoms with Crippen molar-refractivity contribution in [3.05, 3.63) is 40.4 Å². The number of amides is 2. The van der Waals surface area contributed by atoms with Crippen LogP contribution in [0.3, 0.4) is 0 Å². The van der Waals surface area contributed by atoms with E-state index in [0.29, 0.717) is 17.1 Å². The monoisotopic (exact) mass is 425 g/mol. The van der Waals surface area contributed by atoms with E-state index in [0.717, 1.165) is 36.0 Å². The third-order valence-corrected chi connectivity index (χ3v) is 5.98. The molecule has 0 aliphatic heterocycles. The highest BCUT2D eigenvalue weighted by molar-refractivity contribution is 8.01. The molecule has 27 heavy (non-hydrogen) atoms. The van der Waals surface area contributed by atoms with Crippen molar-refractivity contribution in [3.8, 4) is 0 Å². The second kappa shape index (κ2) is 11.3. The third-order valence-electron chi connectivity index (χ3n) is 3.66. The summed E-state index contributed by atoms with van der Waals surface area (Å²) in [5.74, 6) is 0.273. The van der Waals surface area contributed by atoms with Crippen molar-refractivity contribution in [3.63, 3.8) is 0 Å². The molecule has 2 rings (SSSR count). The predicted molar refractivity (Wildman–Crippen MR) is 114 cm³/mol. The van der Waals surface area contributed by atoms with Crippen molar-refractivity contribution in [2.45, 2.75) is 37.4 Å². The summed E-state index contributed by atoms with van der Waals surface area (Å²) in [6.07, 6.45) is 2.22. The number of nitrogens with zero attached hydrogens (tertiary/aromatic N) is 2. The van der Waals surface area contributed by atoms with Gasteiger partial charge in [-0.2, -0.15) is 0 Å². The van der Waals surface area contributed by atoms with E-state index < -0.39 is 0 Å². The fourth-order valence-corrected chi connectivity index (χ4v) is 4.23. The summed E-state index contributed by atoms with van der Waals surface area (Å²) in [7, 11) is 0. The van der Waals surface area contributed by atoms with E-state index >= 15 is 0 Å². The summed E-state index contributed by atoms with van der Waals surface area (Å²) < 4.78 is 0.793. The molecule has 0 saturated heterocycles. The summed E-state index contributed by atoms with van der Waals surface area (Å²) in [6.45, 7) is 5.71. The van der Waals surface area contributed by atoms with Gasteiger partial charge >= 0.3 is 0 Å². The first-order valence-electron chi connectivity index (χ1n) is 8.92. The molecule has 0 radical (unpaired) electrons. The van der Waals surface area contributed by atoms with Gasteiger partial charge < -0.3 is 10.2 Å². The van der Waals surface area contributed by atoms with Crippen LogP contribution in [-0.2, 0) is 16.0 Å². The average molecular weight is 426 g/mol. The minimum Gasteiger partial charge on any atom is -0.342 e. The lowest BCUT2D eigenvalue weighted by Gasteiger charge is -2.20. The number of benzene rings is 1. The number of carbonyl (C=O) groups is 2. The highest BCUT2D eigenvalue weighted by Gasteiger charge is 2.15. The zero-order chi connectivity index (χ0) is 19.6. The van der Waals surface area contributed by atoms with Crippen LogP contribution < -0.4 is 5.32 Å². The standard InChI is InChI=1S/C19H24ClN3O2S2/c1-3-9-23(10-4-2)18(25)11-16-12-26-19(22-16)27-13-17(24)21-15-7-5-14(20)6-8-15/h5-8,12H,3-4,9-11,13H2,1-2H3,(H,21,24). The molecule has 0 spiro atoms. The third kappa shape index (κ3) is 7.52. The highest BCUT2D eigenvalue weighted by atomic mass is 35.5. The van der Waals surface area contributed by atoms with Crippen molar-refractivity contribution in [1.82, 2.24) is 9.88 Å². The normalized spacial score (nSPS) is 10.6. The van der Waals surface area contributed by atoms with Gasteiger partial charge in [-0.15, -0.1) is 11.3 Å². The quantitative estimate of drug-likeness (QED) is 0.559. The van der Waals surface area contributed by atoms with Crippen molar-refractivity contribution >= 4 is 52.2 Å². The maximum absolute atomic E-state index is 12.4. The van der Waals surface area contributed by atoms with E-state index in [1.807, 2.05) is 10.3 Å². The van der Waals surface area contributed by atoms with Gasteiger partial charge in [0.2, 0.25) is 11.8 Å². The van der Waals surface area contributed by atoms with E-state index in [4.69, 9.17) is 11.6 Å². The molecule has 0 unspecified atom stereocenters. The van der Waals surface area contributed by atoms with Crippen LogP contribution in [0.5, 0.6) is 0 Å². The average Bonchev–Trinajstić information content (AvgIpc) is 3.09. The fourth-order valence-electron chi connectivity index (χ4n) is 2.46. The lowest BCUT2D eigenvalue weighted by Crippen LogP contribution is -2.33. The maximum atomic E-state index is 12.4.